The maximum absolute atomic E-state index is 13.9. The molecule has 1 aromatic rings. The Morgan fingerprint density at radius 3 is 2.04 bits per heavy atom. The molecular formula is C38H55N3O9S2. The number of allylic oxidation sites excluding steroid dienone is 1. The average Bonchev–Trinajstić information content (AvgIpc) is 3.03. The standard InChI is InChI=1S/C38H55N3O9S2/c1-23(2)32-29(49-24(3)42)21-31(44)50-26(17-13-14-18-51-35(47)37(4,5)6)20-30(43)39-27(19-25-15-11-10-12-16-25)33(45)40-28(34(46)41-32)22-52-36(48)38(7,8)9/h10-13,15-17,23,26-29,32H,14,18-22H2,1-9H3,(H,39,43)(H,40,45)(H,41,46)/b17-13+/t26-,27-,28-,29-,32-/m1/s1. The third-order valence-electron chi connectivity index (χ3n) is 7.82. The van der Waals surface area contributed by atoms with E-state index in [2.05, 4.69) is 16.0 Å². The van der Waals surface area contributed by atoms with Gasteiger partial charge in [0.05, 0.1) is 18.9 Å². The van der Waals surface area contributed by atoms with E-state index in [1.807, 2.05) is 26.8 Å². The van der Waals surface area contributed by atoms with Gasteiger partial charge in [-0.25, -0.2) is 0 Å². The summed E-state index contributed by atoms with van der Waals surface area (Å²) >= 11 is 2.08. The van der Waals surface area contributed by atoms with Crippen LogP contribution in [0.5, 0.6) is 0 Å². The van der Waals surface area contributed by atoms with Crippen molar-refractivity contribution in [3.05, 3.63) is 48.0 Å². The van der Waals surface area contributed by atoms with Crippen molar-refractivity contribution in [1.29, 1.82) is 0 Å². The van der Waals surface area contributed by atoms with Gasteiger partial charge in [0.15, 0.2) is 10.2 Å². The Balaban J connectivity index is 2.53. The van der Waals surface area contributed by atoms with Gasteiger partial charge in [-0.05, 0) is 24.0 Å². The Bertz CT molecular complexity index is 1450. The minimum absolute atomic E-state index is 0.0355. The summed E-state index contributed by atoms with van der Waals surface area (Å²) in [6.45, 7) is 15.5. The van der Waals surface area contributed by atoms with E-state index in [9.17, 15) is 33.6 Å². The molecule has 14 heteroatoms. The zero-order valence-electron chi connectivity index (χ0n) is 31.7. The number of carbonyl (C=O) groups excluding carboxylic acids is 7. The van der Waals surface area contributed by atoms with Gasteiger partial charge in [0.1, 0.15) is 24.3 Å². The Kier molecular flexibility index (Phi) is 17.6. The maximum atomic E-state index is 13.9. The van der Waals surface area contributed by atoms with Crippen molar-refractivity contribution in [1.82, 2.24) is 16.0 Å². The molecule has 0 saturated carbocycles. The van der Waals surface area contributed by atoms with Gasteiger partial charge in [-0.2, -0.15) is 0 Å². The van der Waals surface area contributed by atoms with Crippen LogP contribution in [0.2, 0.25) is 0 Å². The minimum atomic E-state index is -1.23. The molecule has 1 saturated heterocycles. The number of cyclic esters (lactones) is 1. The van der Waals surface area contributed by atoms with E-state index in [0.29, 0.717) is 12.2 Å². The number of amides is 3. The molecule has 1 heterocycles. The van der Waals surface area contributed by atoms with Gasteiger partial charge in [-0.15, -0.1) is 0 Å². The molecule has 0 spiro atoms. The molecule has 3 amide bonds. The lowest BCUT2D eigenvalue weighted by molar-refractivity contribution is -0.158. The van der Waals surface area contributed by atoms with Crippen LogP contribution < -0.4 is 16.0 Å². The van der Waals surface area contributed by atoms with E-state index in [-0.39, 0.29) is 34.7 Å². The van der Waals surface area contributed by atoms with Crippen LogP contribution >= 0.6 is 23.5 Å². The van der Waals surface area contributed by atoms with E-state index in [1.54, 1.807) is 71.0 Å². The number of carbonyl (C=O) groups is 7. The molecule has 0 radical (unpaired) electrons. The molecule has 12 nitrogen and oxygen atoms in total. The van der Waals surface area contributed by atoms with Crippen LogP contribution in [0.25, 0.3) is 0 Å². The summed E-state index contributed by atoms with van der Waals surface area (Å²) in [7, 11) is 0. The van der Waals surface area contributed by atoms with Gasteiger partial charge in [-0.3, -0.25) is 33.6 Å². The predicted molar refractivity (Wildman–Crippen MR) is 203 cm³/mol. The minimum Gasteiger partial charge on any atom is -0.460 e. The number of ether oxygens (including phenoxy) is 2. The molecule has 1 fully saturated rings. The van der Waals surface area contributed by atoms with Crippen LogP contribution in [0.15, 0.2) is 42.5 Å². The van der Waals surface area contributed by atoms with E-state index >= 15 is 0 Å². The average molecular weight is 762 g/mol. The fourth-order valence-corrected chi connectivity index (χ4v) is 6.81. The van der Waals surface area contributed by atoms with Crippen molar-refractivity contribution in [2.45, 2.75) is 118 Å². The molecular weight excluding hydrogens is 707 g/mol. The van der Waals surface area contributed by atoms with Crippen LogP contribution in [-0.4, -0.2) is 81.7 Å². The van der Waals surface area contributed by atoms with Crippen LogP contribution in [-0.2, 0) is 49.5 Å². The topological polar surface area (TPSA) is 174 Å². The Morgan fingerprint density at radius 2 is 1.46 bits per heavy atom. The largest absolute Gasteiger partial charge is 0.460 e. The summed E-state index contributed by atoms with van der Waals surface area (Å²) < 4.78 is 11.3. The first kappa shape index (κ1) is 44.5. The molecule has 2 rings (SSSR count). The second-order valence-electron chi connectivity index (χ2n) is 15.2. The summed E-state index contributed by atoms with van der Waals surface area (Å²) in [5.74, 6) is -3.36. The number of rotatable bonds is 10. The van der Waals surface area contributed by atoms with E-state index < -0.39 is 77.2 Å². The zero-order chi connectivity index (χ0) is 39.2. The third kappa shape index (κ3) is 15.9. The van der Waals surface area contributed by atoms with Gasteiger partial charge < -0.3 is 25.4 Å². The molecule has 0 unspecified atom stereocenters. The van der Waals surface area contributed by atoms with Gasteiger partial charge in [0, 0.05) is 35.7 Å². The highest BCUT2D eigenvalue weighted by molar-refractivity contribution is 8.14. The summed E-state index contributed by atoms with van der Waals surface area (Å²) in [4.78, 5) is 92.2. The Labute approximate surface area is 316 Å². The third-order valence-corrected chi connectivity index (χ3v) is 10.5. The van der Waals surface area contributed by atoms with Crippen molar-refractivity contribution in [2.24, 2.45) is 16.7 Å². The molecule has 5 atom stereocenters. The summed E-state index contributed by atoms with van der Waals surface area (Å²) in [5, 5.41) is 8.19. The Hall–Kier alpha value is -3.65. The number of thioether (sulfide) groups is 2. The molecule has 288 valence electrons. The van der Waals surface area contributed by atoms with Crippen molar-refractivity contribution in [2.75, 3.05) is 11.5 Å². The van der Waals surface area contributed by atoms with Crippen molar-refractivity contribution >= 4 is 63.4 Å². The zero-order valence-corrected chi connectivity index (χ0v) is 33.4. The maximum Gasteiger partial charge on any atom is 0.310 e. The lowest BCUT2D eigenvalue weighted by Crippen LogP contribution is -2.58. The molecule has 0 aliphatic carbocycles. The summed E-state index contributed by atoms with van der Waals surface area (Å²) in [5.41, 5.74) is -0.472. The summed E-state index contributed by atoms with van der Waals surface area (Å²) in [6.07, 6.45) is 0.846. The highest BCUT2D eigenvalue weighted by Crippen LogP contribution is 2.25. The monoisotopic (exact) mass is 761 g/mol. The molecule has 1 aliphatic rings. The van der Waals surface area contributed by atoms with Crippen molar-refractivity contribution in [3.63, 3.8) is 0 Å². The van der Waals surface area contributed by atoms with Crippen LogP contribution in [0, 0.1) is 16.7 Å². The van der Waals surface area contributed by atoms with Crippen LogP contribution in [0.1, 0.15) is 87.1 Å². The first-order valence-corrected chi connectivity index (χ1v) is 19.5. The summed E-state index contributed by atoms with van der Waals surface area (Å²) in [6, 6.07) is 5.77. The van der Waals surface area contributed by atoms with E-state index in [1.165, 1.54) is 18.7 Å². The Morgan fingerprint density at radius 1 is 0.865 bits per heavy atom. The normalized spacial score (nSPS) is 22.8. The first-order valence-electron chi connectivity index (χ1n) is 17.5. The second kappa shape index (κ2) is 20.6. The van der Waals surface area contributed by atoms with Gasteiger partial charge in [0.25, 0.3) is 0 Å². The van der Waals surface area contributed by atoms with Gasteiger partial charge in [-0.1, -0.05) is 115 Å². The SMILES string of the molecule is CC(=O)O[C@@H]1CC(=O)O[C@H](/C=C/CCSC(=O)C(C)(C)C)CC(=O)N[C@H](Cc2ccccc2)C(=O)N[C@H](CSC(=O)C(C)(C)C)C(=O)N[C@@H]1C(C)C. The van der Waals surface area contributed by atoms with Crippen molar-refractivity contribution < 1.29 is 43.0 Å². The number of nitrogens with one attached hydrogen (secondary N) is 3. The van der Waals surface area contributed by atoms with Crippen molar-refractivity contribution in [3.8, 4) is 0 Å². The highest BCUT2D eigenvalue weighted by Gasteiger charge is 2.36. The fourth-order valence-electron chi connectivity index (χ4n) is 4.95. The van der Waals surface area contributed by atoms with Crippen LogP contribution in [0.4, 0.5) is 0 Å². The molecule has 52 heavy (non-hydrogen) atoms. The lowest BCUT2D eigenvalue weighted by Gasteiger charge is -2.32. The quantitative estimate of drug-likeness (QED) is 0.174. The number of esters is 2. The number of benzene rings is 1. The lowest BCUT2D eigenvalue weighted by atomic mass is 9.95. The van der Waals surface area contributed by atoms with Gasteiger partial charge >= 0.3 is 11.9 Å². The molecule has 0 aromatic heterocycles. The van der Waals surface area contributed by atoms with Crippen LogP contribution in [0.3, 0.4) is 0 Å². The molecule has 3 N–H and O–H groups in total. The molecule has 0 bridgehead atoms. The smallest absolute Gasteiger partial charge is 0.310 e. The molecule has 1 aliphatic heterocycles. The first-order chi connectivity index (χ1) is 24.2. The predicted octanol–water partition coefficient (Wildman–Crippen LogP) is 4.53. The molecule has 1 aromatic carbocycles. The fraction of sp³-hybridized carbons (Fsp3) is 0.605. The van der Waals surface area contributed by atoms with E-state index in [0.717, 1.165) is 17.3 Å². The van der Waals surface area contributed by atoms with E-state index in [4.69, 9.17) is 9.47 Å². The second-order valence-corrected chi connectivity index (χ2v) is 17.2. The van der Waals surface area contributed by atoms with Gasteiger partial charge in [0.2, 0.25) is 17.7 Å². The number of hydrogen-bond acceptors (Lipinski definition) is 11. The highest BCUT2D eigenvalue weighted by atomic mass is 32.2. The number of hydrogen-bond donors (Lipinski definition) is 3.